The van der Waals surface area contributed by atoms with Crippen LogP contribution in [-0.2, 0) is 4.74 Å². The zero-order valence-corrected chi connectivity index (χ0v) is 10.4. The second kappa shape index (κ2) is 6.13. The summed E-state index contributed by atoms with van der Waals surface area (Å²) in [7, 11) is 0. The van der Waals surface area contributed by atoms with E-state index in [-0.39, 0.29) is 11.9 Å². The van der Waals surface area contributed by atoms with E-state index >= 15 is 0 Å². The highest BCUT2D eigenvalue weighted by molar-refractivity contribution is 5.67. The van der Waals surface area contributed by atoms with Gasteiger partial charge in [0.05, 0.1) is 0 Å². The van der Waals surface area contributed by atoms with Crippen molar-refractivity contribution in [3.63, 3.8) is 0 Å². The van der Waals surface area contributed by atoms with Gasteiger partial charge in [-0.15, -0.1) is 0 Å². The van der Waals surface area contributed by atoms with E-state index in [4.69, 9.17) is 9.84 Å². The molecule has 1 amide bonds. The van der Waals surface area contributed by atoms with Gasteiger partial charge in [0.15, 0.2) is 0 Å². The molecule has 0 heterocycles. The highest BCUT2D eigenvalue weighted by Crippen LogP contribution is 2.19. The Morgan fingerprint density at radius 1 is 1.29 bits per heavy atom. The van der Waals surface area contributed by atoms with Crippen LogP contribution in [0.1, 0.15) is 32.4 Å². The lowest BCUT2D eigenvalue weighted by molar-refractivity contribution is 0.106. The molecule has 0 aliphatic heterocycles. The Kier molecular flexibility index (Phi) is 4.82. The predicted molar refractivity (Wildman–Crippen MR) is 65.8 cm³/mol. The summed E-state index contributed by atoms with van der Waals surface area (Å²) in [5, 5.41) is 11.8. The Morgan fingerprint density at radius 2 is 1.88 bits per heavy atom. The number of nitrogens with one attached hydrogen (secondary N) is 1. The van der Waals surface area contributed by atoms with Crippen molar-refractivity contribution in [1.82, 2.24) is 5.32 Å². The van der Waals surface area contributed by atoms with E-state index in [1.54, 1.807) is 31.2 Å². The van der Waals surface area contributed by atoms with Gasteiger partial charge in [0, 0.05) is 6.54 Å². The van der Waals surface area contributed by atoms with Crippen LogP contribution in [-0.4, -0.2) is 17.7 Å². The summed E-state index contributed by atoms with van der Waals surface area (Å²) >= 11 is 0. The molecule has 0 aliphatic rings. The fraction of sp³-hybridized carbons (Fsp3) is 0.462. The Bertz CT molecular complexity index is 359. The zero-order valence-electron chi connectivity index (χ0n) is 10.4. The lowest BCUT2D eigenvalue weighted by Gasteiger charge is -2.15. The van der Waals surface area contributed by atoms with Crippen molar-refractivity contribution in [2.75, 3.05) is 6.54 Å². The highest BCUT2D eigenvalue weighted by atomic mass is 16.6. The third-order valence-electron chi connectivity index (χ3n) is 2.30. The minimum Gasteiger partial charge on any atom is -0.508 e. The van der Waals surface area contributed by atoms with Crippen LogP contribution in [0.3, 0.4) is 0 Å². The van der Waals surface area contributed by atoms with Crippen LogP contribution >= 0.6 is 0 Å². The Balaban J connectivity index is 2.46. The standard InChI is InChI=1S/C13H19NO3/c1-9(2)8-14-13(16)17-10(3)11-4-6-12(15)7-5-11/h4-7,9-10,15H,8H2,1-3H3,(H,14,16)/t10-/m0/s1. The molecule has 0 aliphatic carbocycles. The van der Waals surface area contributed by atoms with Crippen molar-refractivity contribution in [3.05, 3.63) is 29.8 Å². The normalized spacial score (nSPS) is 12.2. The molecule has 0 spiro atoms. The fourth-order valence-electron chi connectivity index (χ4n) is 1.30. The van der Waals surface area contributed by atoms with Crippen molar-refractivity contribution in [2.24, 2.45) is 5.92 Å². The highest BCUT2D eigenvalue weighted by Gasteiger charge is 2.11. The molecule has 0 bridgehead atoms. The molecule has 4 heteroatoms. The predicted octanol–water partition coefficient (Wildman–Crippen LogP) is 2.84. The number of phenolic OH excluding ortho intramolecular Hbond substituents is 1. The largest absolute Gasteiger partial charge is 0.508 e. The van der Waals surface area contributed by atoms with Gasteiger partial charge in [0.1, 0.15) is 11.9 Å². The summed E-state index contributed by atoms with van der Waals surface area (Å²) in [5.41, 5.74) is 0.850. The third kappa shape index (κ3) is 4.76. The molecule has 94 valence electrons. The SMILES string of the molecule is CC(C)CNC(=O)O[C@@H](C)c1ccc(O)cc1. The Labute approximate surface area is 102 Å². The first-order valence-electron chi connectivity index (χ1n) is 5.72. The molecule has 4 nitrogen and oxygen atoms in total. The first kappa shape index (κ1) is 13.4. The molecule has 1 aromatic carbocycles. The lowest BCUT2D eigenvalue weighted by atomic mass is 10.1. The van der Waals surface area contributed by atoms with E-state index in [1.165, 1.54) is 0 Å². The Hall–Kier alpha value is -1.71. The first-order chi connectivity index (χ1) is 7.99. The zero-order chi connectivity index (χ0) is 12.8. The molecule has 0 saturated heterocycles. The maximum atomic E-state index is 11.4. The molecule has 0 fully saturated rings. The molecular formula is C13H19NO3. The summed E-state index contributed by atoms with van der Waals surface area (Å²) in [4.78, 5) is 11.4. The summed E-state index contributed by atoms with van der Waals surface area (Å²) in [5.74, 6) is 0.594. The van der Waals surface area contributed by atoms with E-state index < -0.39 is 6.09 Å². The summed E-state index contributed by atoms with van der Waals surface area (Å²) < 4.78 is 5.19. The smallest absolute Gasteiger partial charge is 0.407 e. The number of hydrogen-bond donors (Lipinski definition) is 2. The molecule has 1 atom stereocenters. The number of carbonyl (C=O) groups is 1. The van der Waals surface area contributed by atoms with Crippen LogP contribution in [0, 0.1) is 5.92 Å². The molecule has 1 rings (SSSR count). The van der Waals surface area contributed by atoms with E-state index in [0.717, 1.165) is 5.56 Å². The van der Waals surface area contributed by atoms with Crippen molar-refractivity contribution >= 4 is 6.09 Å². The maximum absolute atomic E-state index is 11.4. The van der Waals surface area contributed by atoms with Crippen molar-refractivity contribution < 1.29 is 14.6 Å². The van der Waals surface area contributed by atoms with Gasteiger partial charge in [-0.05, 0) is 30.5 Å². The quantitative estimate of drug-likeness (QED) is 0.846. The molecule has 0 aromatic heterocycles. The first-order valence-corrected chi connectivity index (χ1v) is 5.72. The summed E-state index contributed by atoms with van der Waals surface area (Å²) in [6.07, 6.45) is -0.748. The maximum Gasteiger partial charge on any atom is 0.407 e. The Morgan fingerprint density at radius 3 is 2.41 bits per heavy atom. The number of hydrogen-bond acceptors (Lipinski definition) is 3. The van der Waals surface area contributed by atoms with Crippen molar-refractivity contribution in [2.45, 2.75) is 26.9 Å². The van der Waals surface area contributed by atoms with Crippen LogP contribution in [0.15, 0.2) is 24.3 Å². The minimum absolute atomic E-state index is 0.199. The number of alkyl carbamates (subject to hydrolysis) is 1. The summed E-state index contributed by atoms with van der Waals surface area (Å²) in [6.45, 7) is 6.43. The number of carbonyl (C=O) groups excluding carboxylic acids is 1. The van der Waals surface area contributed by atoms with Gasteiger partial charge in [-0.2, -0.15) is 0 Å². The molecule has 1 aromatic rings. The van der Waals surface area contributed by atoms with E-state index in [1.807, 2.05) is 13.8 Å². The fourth-order valence-corrected chi connectivity index (χ4v) is 1.30. The van der Waals surface area contributed by atoms with Crippen molar-refractivity contribution in [3.8, 4) is 5.75 Å². The number of amides is 1. The van der Waals surface area contributed by atoms with Crippen LogP contribution in [0.2, 0.25) is 0 Å². The van der Waals surface area contributed by atoms with Gasteiger partial charge < -0.3 is 15.2 Å². The molecule has 0 unspecified atom stereocenters. The van der Waals surface area contributed by atoms with Gasteiger partial charge in [0.25, 0.3) is 0 Å². The average Bonchev–Trinajstić information content (AvgIpc) is 2.27. The van der Waals surface area contributed by atoms with Gasteiger partial charge in [-0.3, -0.25) is 0 Å². The molecule has 2 N–H and O–H groups in total. The minimum atomic E-state index is -0.417. The number of ether oxygens (including phenoxy) is 1. The molecule has 0 radical (unpaired) electrons. The lowest BCUT2D eigenvalue weighted by Crippen LogP contribution is -2.28. The van der Waals surface area contributed by atoms with Gasteiger partial charge in [-0.25, -0.2) is 4.79 Å². The molecule has 0 saturated carbocycles. The van der Waals surface area contributed by atoms with E-state index in [9.17, 15) is 4.79 Å². The van der Waals surface area contributed by atoms with E-state index in [2.05, 4.69) is 5.32 Å². The number of phenols is 1. The van der Waals surface area contributed by atoms with Gasteiger partial charge >= 0.3 is 6.09 Å². The second-order valence-corrected chi connectivity index (χ2v) is 4.41. The van der Waals surface area contributed by atoms with Gasteiger partial charge in [0.2, 0.25) is 0 Å². The average molecular weight is 237 g/mol. The van der Waals surface area contributed by atoms with Crippen LogP contribution < -0.4 is 5.32 Å². The van der Waals surface area contributed by atoms with Crippen LogP contribution in [0.25, 0.3) is 0 Å². The van der Waals surface area contributed by atoms with E-state index in [0.29, 0.717) is 12.5 Å². The number of benzene rings is 1. The monoisotopic (exact) mass is 237 g/mol. The third-order valence-corrected chi connectivity index (χ3v) is 2.30. The van der Waals surface area contributed by atoms with Crippen LogP contribution in [0.4, 0.5) is 4.79 Å². The molecule has 17 heavy (non-hydrogen) atoms. The van der Waals surface area contributed by atoms with Crippen LogP contribution in [0.5, 0.6) is 5.75 Å². The molecular weight excluding hydrogens is 218 g/mol. The number of aromatic hydroxyl groups is 1. The van der Waals surface area contributed by atoms with Gasteiger partial charge in [-0.1, -0.05) is 26.0 Å². The summed E-state index contributed by atoms with van der Waals surface area (Å²) in [6, 6.07) is 6.61. The second-order valence-electron chi connectivity index (χ2n) is 4.41. The number of rotatable bonds is 4. The topological polar surface area (TPSA) is 58.6 Å². The van der Waals surface area contributed by atoms with Crippen molar-refractivity contribution in [1.29, 1.82) is 0 Å².